The second-order valence-corrected chi connectivity index (χ2v) is 3.77. The first-order chi connectivity index (χ1) is 7.34. The summed E-state index contributed by atoms with van der Waals surface area (Å²) in [5.41, 5.74) is 0.826. The minimum Gasteiger partial charge on any atom is -0.261 e. The van der Waals surface area contributed by atoms with Gasteiger partial charge in [-0.1, -0.05) is 11.8 Å². The van der Waals surface area contributed by atoms with Crippen LogP contribution in [-0.2, 0) is 5.75 Å². The zero-order chi connectivity index (χ0) is 10.5. The number of halogens is 1. The van der Waals surface area contributed by atoms with Crippen molar-refractivity contribution in [3.05, 3.63) is 48.3 Å². The Morgan fingerprint density at radius 1 is 1.20 bits per heavy atom. The van der Waals surface area contributed by atoms with Gasteiger partial charge < -0.3 is 0 Å². The SMILES string of the molecule is Fc1cncc(CSc2ncccn2)c1. The van der Waals surface area contributed by atoms with Crippen molar-refractivity contribution in [1.29, 1.82) is 0 Å². The van der Waals surface area contributed by atoms with Crippen LogP contribution in [-0.4, -0.2) is 15.0 Å². The monoisotopic (exact) mass is 221 g/mol. The van der Waals surface area contributed by atoms with E-state index < -0.39 is 0 Å². The summed E-state index contributed by atoms with van der Waals surface area (Å²) in [7, 11) is 0. The molecule has 2 aromatic heterocycles. The molecular weight excluding hydrogens is 213 g/mol. The first-order valence-corrected chi connectivity index (χ1v) is 5.32. The van der Waals surface area contributed by atoms with Gasteiger partial charge in [-0.2, -0.15) is 0 Å². The number of hydrogen-bond donors (Lipinski definition) is 0. The summed E-state index contributed by atoms with van der Waals surface area (Å²) < 4.78 is 12.8. The van der Waals surface area contributed by atoms with Crippen LogP contribution >= 0.6 is 11.8 Å². The molecule has 0 bridgehead atoms. The van der Waals surface area contributed by atoms with Crippen LogP contribution in [0.25, 0.3) is 0 Å². The van der Waals surface area contributed by atoms with Gasteiger partial charge in [-0.3, -0.25) is 4.98 Å². The Balaban J connectivity index is 1.99. The third kappa shape index (κ3) is 2.99. The van der Waals surface area contributed by atoms with Gasteiger partial charge in [0, 0.05) is 24.3 Å². The lowest BCUT2D eigenvalue weighted by Gasteiger charge is -1.99. The molecule has 5 heteroatoms. The Kier molecular flexibility index (Phi) is 3.24. The van der Waals surface area contributed by atoms with E-state index in [0.717, 1.165) is 5.56 Å². The molecule has 15 heavy (non-hydrogen) atoms. The molecule has 0 N–H and O–H groups in total. The summed E-state index contributed by atoms with van der Waals surface area (Å²) in [5, 5.41) is 0.682. The fraction of sp³-hybridized carbons (Fsp3) is 0.100. The van der Waals surface area contributed by atoms with Crippen molar-refractivity contribution in [2.45, 2.75) is 10.9 Å². The van der Waals surface area contributed by atoms with Gasteiger partial charge in [-0.05, 0) is 17.7 Å². The lowest BCUT2D eigenvalue weighted by molar-refractivity contribution is 0.619. The van der Waals surface area contributed by atoms with E-state index in [2.05, 4.69) is 15.0 Å². The summed E-state index contributed by atoms with van der Waals surface area (Å²) in [6.45, 7) is 0. The van der Waals surface area contributed by atoms with Crippen molar-refractivity contribution in [3.8, 4) is 0 Å². The van der Waals surface area contributed by atoms with Crippen molar-refractivity contribution >= 4 is 11.8 Å². The Bertz CT molecular complexity index is 436. The van der Waals surface area contributed by atoms with Gasteiger partial charge in [0.25, 0.3) is 0 Å². The van der Waals surface area contributed by atoms with Crippen LogP contribution in [0.2, 0.25) is 0 Å². The fourth-order valence-corrected chi connectivity index (χ4v) is 1.77. The largest absolute Gasteiger partial charge is 0.261 e. The second-order valence-electron chi connectivity index (χ2n) is 2.83. The molecule has 0 aromatic carbocycles. The summed E-state index contributed by atoms with van der Waals surface area (Å²) in [6, 6.07) is 3.22. The zero-order valence-corrected chi connectivity index (χ0v) is 8.62. The van der Waals surface area contributed by atoms with Crippen LogP contribution in [0.5, 0.6) is 0 Å². The minimum atomic E-state index is -0.318. The summed E-state index contributed by atoms with van der Waals surface area (Å²) >= 11 is 1.45. The van der Waals surface area contributed by atoms with Crippen molar-refractivity contribution in [2.24, 2.45) is 0 Å². The van der Waals surface area contributed by atoms with Crippen LogP contribution in [0.4, 0.5) is 4.39 Å². The minimum absolute atomic E-state index is 0.318. The molecule has 0 unspecified atom stereocenters. The van der Waals surface area contributed by atoms with E-state index in [0.29, 0.717) is 10.9 Å². The molecule has 3 nitrogen and oxygen atoms in total. The molecule has 0 atom stereocenters. The standard InChI is InChI=1S/C10H8FN3S/c11-9-4-8(5-12-6-9)7-15-10-13-2-1-3-14-10/h1-6H,7H2. The van der Waals surface area contributed by atoms with Gasteiger partial charge in [-0.25, -0.2) is 14.4 Å². The van der Waals surface area contributed by atoms with Crippen LogP contribution in [0.1, 0.15) is 5.56 Å². The molecule has 0 saturated carbocycles. The smallest absolute Gasteiger partial charge is 0.187 e. The maximum atomic E-state index is 12.8. The Hall–Kier alpha value is -1.49. The molecular formula is C10H8FN3S. The zero-order valence-electron chi connectivity index (χ0n) is 7.80. The van der Waals surface area contributed by atoms with E-state index in [-0.39, 0.29) is 5.82 Å². The molecule has 0 aliphatic carbocycles. The normalized spacial score (nSPS) is 10.2. The topological polar surface area (TPSA) is 38.7 Å². The number of thioether (sulfide) groups is 1. The van der Waals surface area contributed by atoms with E-state index in [1.807, 2.05) is 0 Å². The maximum Gasteiger partial charge on any atom is 0.187 e. The number of rotatable bonds is 3. The highest BCUT2D eigenvalue weighted by Crippen LogP contribution is 2.17. The van der Waals surface area contributed by atoms with Crippen LogP contribution in [0, 0.1) is 5.82 Å². The third-order valence-corrected chi connectivity index (χ3v) is 2.62. The second kappa shape index (κ2) is 4.84. The van der Waals surface area contributed by atoms with Gasteiger partial charge in [-0.15, -0.1) is 0 Å². The number of aromatic nitrogens is 3. The van der Waals surface area contributed by atoms with Gasteiger partial charge in [0.05, 0.1) is 6.20 Å². The first-order valence-electron chi connectivity index (χ1n) is 4.34. The average molecular weight is 221 g/mol. The maximum absolute atomic E-state index is 12.8. The molecule has 0 aliphatic heterocycles. The van der Waals surface area contributed by atoms with E-state index in [1.54, 1.807) is 24.7 Å². The fourth-order valence-electron chi connectivity index (χ4n) is 1.04. The highest BCUT2D eigenvalue weighted by molar-refractivity contribution is 7.98. The first kappa shape index (κ1) is 10.0. The van der Waals surface area contributed by atoms with E-state index in [1.165, 1.54) is 24.0 Å². The molecule has 0 spiro atoms. The molecule has 2 rings (SSSR count). The third-order valence-electron chi connectivity index (χ3n) is 1.67. The van der Waals surface area contributed by atoms with Gasteiger partial charge >= 0.3 is 0 Å². The Morgan fingerprint density at radius 2 is 2.00 bits per heavy atom. The van der Waals surface area contributed by atoms with E-state index in [4.69, 9.17) is 0 Å². The molecule has 2 aromatic rings. The number of nitrogens with zero attached hydrogens (tertiary/aromatic N) is 3. The quantitative estimate of drug-likeness (QED) is 0.589. The van der Waals surface area contributed by atoms with Crippen molar-refractivity contribution < 1.29 is 4.39 Å². The van der Waals surface area contributed by atoms with E-state index in [9.17, 15) is 4.39 Å². The Labute approximate surface area is 90.8 Å². The molecule has 0 amide bonds. The molecule has 0 radical (unpaired) electrons. The Morgan fingerprint density at radius 3 is 2.73 bits per heavy atom. The van der Waals surface area contributed by atoms with Gasteiger partial charge in [0.1, 0.15) is 5.82 Å². The lowest BCUT2D eigenvalue weighted by atomic mass is 10.3. The van der Waals surface area contributed by atoms with E-state index >= 15 is 0 Å². The number of hydrogen-bond acceptors (Lipinski definition) is 4. The van der Waals surface area contributed by atoms with Crippen molar-refractivity contribution in [1.82, 2.24) is 15.0 Å². The average Bonchev–Trinajstić information content (AvgIpc) is 2.28. The van der Waals surface area contributed by atoms with Gasteiger partial charge in [0.15, 0.2) is 5.16 Å². The van der Waals surface area contributed by atoms with Crippen molar-refractivity contribution in [3.63, 3.8) is 0 Å². The molecule has 2 heterocycles. The molecule has 0 saturated heterocycles. The molecule has 0 fully saturated rings. The molecule has 76 valence electrons. The highest BCUT2D eigenvalue weighted by Gasteiger charge is 1.99. The molecule has 0 aliphatic rings. The summed E-state index contributed by atoms with van der Waals surface area (Å²) in [6.07, 6.45) is 6.19. The predicted octanol–water partition coefficient (Wildman–Crippen LogP) is 2.30. The predicted molar refractivity (Wildman–Crippen MR) is 55.8 cm³/mol. The van der Waals surface area contributed by atoms with Crippen molar-refractivity contribution in [2.75, 3.05) is 0 Å². The van der Waals surface area contributed by atoms with Crippen LogP contribution in [0.15, 0.2) is 42.1 Å². The lowest BCUT2D eigenvalue weighted by Crippen LogP contribution is -1.88. The number of pyridine rings is 1. The highest BCUT2D eigenvalue weighted by atomic mass is 32.2. The van der Waals surface area contributed by atoms with Gasteiger partial charge in [0.2, 0.25) is 0 Å². The summed E-state index contributed by atoms with van der Waals surface area (Å²) in [4.78, 5) is 11.9. The summed E-state index contributed by atoms with van der Waals surface area (Å²) in [5.74, 6) is 0.302. The van der Waals surface area contributed by atoms with Crippen LogP contribution in [0.3, 0.4) is 0 Å². The van der Waals surface area contributed by atoms with Crippen LogP contribution < -0.4 is 0 Å².